The normalized spacial score (nSPS) is 11.3. The minimum Gasteiger partial charge on any atom is -0.496 e. The minimum absolute atomic E-state index is 0.00738. The number of hydrogen-bond acceptors (Lipinski definition) is 8. The van der Waals surface area contributed by atoms with Crippen molar-refractivity contribution in [2.75, 3.05) is 13.7 Å². The van der Waals surface area contributed by atoms with Gasteiger partial charge in [0.15, 0.2) is 5.76 Å². The van der Waals surface area contributed by atoms with Crippen LogP contribution >= 0.6 is 0 Å². The van der Waals surface area contributed by atoms with Crippen LogP contribution in [0.2, 0.25) is 0 Å². The zero-order valence-corrected chi connectivity index (χ0v) is 19.7. The van der Waals surface area contributed by atoms with Crippen molar-refractivity contribution in [3.63, 3.8) is 0 Å². The Hall–Kier alpha value is -5.25. The van der Waals surface area contributed by atoms with Gasteiger partial charge in [-0.25, -0.2) is 4.98 Å². The number of nitrogens with zero attached hydrogens (tertiary/aromatic N) is 4. The molecule has 0 radical (unpaired) electrons. The molecule has 2 aromatic heterocycles. The van der Waals surface area contributed by atoms with Crippen molar-refractivity contribution in [3.05, 3.63) is 105 Å². The van der Waals surface area contributed by atoms with Gasteiger partial charge in [0.1, 0.15) is 17.9 Å². The van der Waals surface area contributed by atoms with Gasteiger partial charge < -0.3 is 13.9 Å². The summed E-state index contributed by atoms with van der Waals surface area (Å²) < 4.78 is 18.1. The van der Waals surface area contributed by atoms with E-state index in [0.717, 1.165) is 4.68 Å². The Morgan fingerprint density at radius 3 is 2.73 bits per heavy atom. The van der Waals surface area contributed by atoms with Crippen molar-refractivity contribution in [2.24, 2.45) is 5.10 Å². The van der Waals surface area contributed by atoms with E-state index in [1.807, 2.05) is 0 Å². The van der Waals surface area contributed by atoms with Gasteiger partial charge in [-0.2, -0.15) is 9.78 Å². The predicted octanol–water partition coefficient (Wildman–Crippen LogP) is 5.17. The summed E-state index contributed by atoms with van der Waals surface area (Å²) in [5.41, 5.74) is 0.633. The van der Waals surface area contributed by atoms with Crippen molar-refractivity contribution in [3.8, 4) is 23.1 Å². The van der Waals surface area contributed by atoms with Gasteiger partial charge in [0.25, 0.3) is 5.56 Å². The SMILES string of the molecule is C=CCOc1c(C=Nn2c(-c3cc4c(OC)cccc4o3)nc3ccccc3c2=O)cccc1[N+](=O)[O-]. The lowest BCUT2D eigenvalue weighted by Gasteiger charge is -2.09. The summed E-state index contributed by atoms with van der Waals surface area (Å²) in [6.45, 7) is 3.64. The average Bonchev–Trinajstić information content (AvgIpc) is 3.36. The van der Waals surface area contributed by atoms with Crippen LogP contribution in [0.25, 0.3) is 33.5 Å². The zero-order valence-electron chi connectivity index (χ0n) is 19.7. The van der Waals surface area contributed by atoms with Gasteiger partial charge in [0.2, 0.25) is 11.6 Å². The highest BCUT2D eigenvalue weighted by Gasteiger charge is 2.20. The second-order valence-electron chi connectivity index (χ2n) is 7.85. The lowest BCUT2D eigenvalue weighted by molar-refractivity contribution is -0.385. The standard InChI is InChI=1S/C27H20N4O6/c1-3-14-36-25-17(8-6-11-21(25)31(33)34)16-28-30-26(29-20-10-5-4-9-18(20)27(30)32)24-15-19-22(35-2)12-7-13-23(19)37-24/h3-13,15-16H,1,14H2,2H3. The van der Waals surface area contributed by atoms with Gasteiger partial charge in [-0.3, -0.25) is 14.9 Å². The highest BCUT2D eigenvalue weighted by molar-refractivity contribution is 5.89. The fourth-order valence-electron chi connectivity index (χ4n) is 3.92. The summed E-state index contributed by atoms with van der Waals surface area (Å²) in [4.78, 5) is 29.2. The summed E-state index contributed by atoms with van der Waals surface area (Å²) in [6, 6.07) is 18.4. The third-order valence-corrected chi connectivity index (χ3v) is 5.59. The number of ether oxygens (including phenoxy) is 2. The van der Waals surface area contributed by atoms with Crippen LogP contribution in [0.5, 0.6) is 11.5 Å². The Morgan fingerprint density at radius 1 is 1.14 bits per heavy atom. The van der Waals surface area contributed by atoms with Crippen LogP contribution in [0.3, 0.4) is 0 Å². The van der Waals surface area contributed by atoms with E-state index in [9.17, 15) is 14.9 Å². The van der Waals surface area contributed by atoms with E-state index in [1.54, 1.807) is 61.7 Å². The maximum Gasteiger partial charge on any atom is 0.311 e. The number of aromatic nitrogens is 2. The van der Waals surface area contributed by atoms with Crippen molar-refractivity contribution in [1.82, 2.24) is 9.66 Å². The molecule has 0 aliphatic rings. The molecule has 5 aromatic rings. The summed E-state index contributed by atoms with van der Waals surface area (Å²) in [7, 11) is 1.56. The Bertz CT molecular complexity index is 1750. The van der Waals surface area contributed by atoms with Crippen LogP contribution in [-0.2, 0) is 0 Å². The number of nitro benzene ring substituents is 1. The average molecular weight is 496 g/mol. The van der Waals surface area contributed by atoms with E-state index < -0.39 is 10.5 Å². The summed E-state index contributed by atoms with van der Waals surface area (Å²) >= 11 is 0. The van der Waals surface area contributed by atoms with Crippen LogP contribution in [0.1, 0.15) is 5.56 Å². The summed E-state index contributed by atoms with van der Waals surface area (Å²) in [5, 5.41) is 17.0. The number of nitro groups is 1. The number of benzene rings is 3. The molecule has 0 spiro atoms. The molecule has 0 atom stereocenters. The Morgan fingerprint density at radius 2 is 1.95 bits per heavy atom. The molecule has 10 heteroatoms. The van der Waals surface area contributed by atoms with Gasteiger partial charge in [0, 0.05) is 11.6 Å². The minimum atomic E-state index is -0.549. The van der Waals surface area contributed by atoms with E-state index in [2.05, 4.69) is 16.7 Å². The molecule has 184 valence electrons. The number of hydrogen-bond donors (Lipinski definition) is 0. The molecule has 0 unspecified atom stereocenters. The molecule has 37 heavy (non-hydrogen) atoms. The number of methoxy groups -OCH3 is 1. The Labute approximate surface area is 209 Å². The molecule has 10 nitrogen and oxygen atoms in total. The second kappa shape index (κ2) is 9.78. The molecule has 3 aromatic carbocycles. The molecular weight excluding hydrogens is 476 g/mol. The lowest BCUT2D eigenvalue weighted by Crippen LogP contribution is -2.20. The number of para-hydroxylation sites is 2. The number of rotatable bonds is 8. The van der Waals surface area contributed by atoms with Gasteiger partial charge in [-0.1, -0.05) is 36.9 Å². The van der Waals surface area contributed by atoms with Gasteiger partial charge >= 0.3 is 5.69 Å². The first-order valence-electron chi connectivity index (χ1n) is 11.2. The fourth-order valence-corrected chi connectivity index (χ4v) is 3.92. The molecule has 0 saturated heterocycles. The zero-order chi connectivity index (χ0) is 25.9. The number of fused-ring (bicyclic) bond motifs is 2. The van der Waals surface area contributed by atoms with Crippen LogP contribution in [0.15, 0.2) is 93.7 Å². The van der Waals surface area contributed by atoms with Crippen LogP contribution in [0, 0.1) is 10.1 Å². The summed E-state index contributed by atoms with van der Waals surface area (Å²) in [5.74, 6) is 1.05. The van der Waals surface area contributed by atoms with Gasteiger partial charge in [-0.15, -0.1) is 0 Å². The fraction of sp³-hybridized carbons (Fsp3) is 0.0741. The maximum absolute atomic E-state index is 13.5. The van der Waals surface area contributed by atoms with Crippen molar-refractivity contribution < 1.29 is 18.8 Å². The molecule has 0 bridgehead atoms. The molecule has 0 saturated carbocycles. The topological polar surface area (TPSA) is 122 Å². The third kappa shape index (κ3) is 4.31. The third-order valence-electron chi connectivity index (χ3n) is 5.59. The van der Waals surface area contributed by atoms with E-state index >= 15 is 0 Å². The van der Waals surface area contributed by atoms with E-state index in [-0.39, 0.29) is 23.9 Å². The Balaban J connectivity index is 1.72. The first kappa shape index (κ1) is 23.5. The second-order valence-corrected chi connectivity index (χ2v) is 7.85. The van der Waals surface area contributed by atoms with Crippen LogP contribution in [-0.4, -0.2) is 34.5 Å². The van der Waals surface area contributed by atoms with Crippen molar-refractivity contribution in [2.45, 2.75) is 0 Å². The maximum atomic E-state index is 13.5. The van der Waals surface area contributed by atoms with Crippen molar-refractivity contribution >= 4 is 33.8 Å². The monoisotopic (exact) mass is 496 g/mol. The van der Waals surface area contributed by atoms with E-state index in [4.69, 9.17) is 13.9 Å². The molecule has 5 rings (SSSR count). The van der Waals surface area contributed by atoms with E-state index in [0.29, 0.717) is 38.9 Å². The van der Waals surface area contributed by atoms with Gasteiger partial charge in [0.05, 0.1) is 34.5 Å². The van der Waals surface area contributed by atoms with Gasteiger partial charge in [-0.05, 0) is 36.4 Å². The van der Waals surface area contributed by atoms with Crippen LogP contribution < -0.4 is 15.0 Å². The summed E-state index contributed by atoms with van der Waals surface area (Å²) in [6.07, 6.45) is 2.79. The highest BCUT2D eigenvalue weighted by Crippen LogP contribution is 2.33. The predicted molar refractivity (Wildman–Crippen MR) is 140 cm³/mol. The van der Waals surface area contributed by atoms with E-state index in [1.165, 1.54) is 24.4 Å². The first-order valence-corrected chi connectivity index (χ1v) is 11.2. The Kier molecular flexibility index (Phi) is 6.21. The molecule has 0 aliphatic heterocycles. The largest absolute Gasteiger partial charge is 0.496 e. The lowest BCUT2D eigenvalue weighted by atomic mass is 10.2. The molecule has 0 N–H and O–H groups in total. The quantitative estimate of drug-likeness (QED) is 0.126. The first-order chi connectivity index (χ1) is 18.0. The molecule has 0 aliphatic carbocycles. The smallest absolute Gasteiger partial charge is 0.311 e. The molecule has 0 amide bonds. The highest BCUT2D eigenvalue weighted by atomic mass is 16.6. The molecule has 2 heterocycles. The molecular formula is C27H20N4O6. The number of furan rings is 1. The van der Waals surface area contributed by atoms with Crippen molar-refractivity contribution in [1.29, 1.82) is 0 Å². The van der Waals surface area contributed by atoms with Crippen LogP contribution in [0.4, 0.5) is 5.69 Å². The molecule has 0 fully saturated rings.